The minimum atomic E-state index is 1.10. The van der Waals surface area contributed by atoms with Crippen LogP contribution in [0.4, 0.5) is 17.1 Å². The topological polar surface area (TPSA) is 3.24 Å². The zero-order valence-corrected chi connectivity index (χ0v) is 32.5. The molecule has 11 aromatic rings. The van der Waals surface area contributed by atoms with Crippen LogP contribution in [-0.2, 0) is 0 Å². The molecule has 0 radical (unpaired) electrons. The van der Waals surface area contributed by atoms with E-state index in [0.717, 1.165) is 17.1 Å². The highest BCUT2D eigenvalue weighted by molar-refractivity contribution is 7.25. The molecule has 10 aromatic carbocycles. The Morgan fingerprint density at radius 1 is 0.276 bits per heavy atom. The predicted octanol–water partition coefficient (Wildman–Crippen LogP) is 16.5. The van der Waals surface area contributed by atoms with Crippen LogP contribution < -0.4 is 4.90 Å². The second kappa shape index (κ2) is 14.4. The van der Waals surface area contributed by atoms with Gasteiger partial charge in [0.25, 0.3) is 0 Å². The lowest BCUT2D eigenvalue weighted by atomic mass is 9.96. The summed E-state index contributed by atoms with van der Waals surface area (Å²) in [6.45, 7) is 0. The van der Waals surface area contributed by atoms with Crippen molar-refractivity contribution in [1.29, 1.82) is 0 Å². The molecule has 0 spiro atoms. The molecule has 0 bridgehead atoms. The second-order valence-electron chi connectivity index (χ2n) is 14.9. The van der Waals surface area contributed by atoms with Gasteiger partial charge in [0, 0.05) is 37.2 Å². The highest BCUT2D eigenvalue weighted by atomic mass is 32.1. The van der Waals surface area contributed by atoms with E-state index in [1.165, 1.54) is 86.2 Å². The van der Waals surface area contributed by atoms with E-state index in [4.69, 9.17) is 0 Å². The molecule has 0 N–H and O–H groups in total. The lowest BCUT2D eigenvalue weighted by Crippen LogP contribution is -2.09. The molecular weight excluding hydrogens is 719 g/mol. The highest BCUT2D eigenvalue weighted by Gasteiger charge is 2.16. The van der Waals surface area contributed by atoms with E-state index in [1.807, 2.05) is 11.3 Å². The standard InChI is InChI=1S/C56H37NS/c1-2-11-45-37-46(24-21-38(45)9-1)41-27-33-48(34-28-41)57(49-35-29-44(30-36-49)52-16-8-18-55-56(52)53-14-5-6-17-54(53)58-55)47-31-25-40(26-32-47)39-19-22-43(23-20-39)51-15-7-12-42-10-3-4-13-50(42)51/h1-37H. The van der Waals surface area contributed by atoms with E-state index in [0.29, 0.717) is 0 Å². The second-order valence-corrected chi connectivity index (χ2v) is 16.0. The Hall–Kier alpha value is -7.26. The molecular formula is C56H37NS. The van der Waals surface area contributed by atoms with Gasteiger partial charge in [-0.1, -0.05) is 170 Å². The summed E-state index contributed by atoms with van der Waals surface area (Å²) in [6.07, 6.45) is 0. The predicted molar refractivity (Wildman–Crippen MR) is 251 cm³/mol. The van der Waals surface area contributed by atoms with Crippen LogP contribution in [0.5, 0.6) is 0 Å². The summed E-state index contributed by atoms with van der Waals surface area (Å²) >= 11 is 1.86. The number of fused-ring (bicyclic) bond motifs is 5. The van der Waals surface area contributed by atoms with E-state index in [9.17, 15) is 0 Å². The van der Waals surface area contributed by atoms with Gasteiger partial charge >= 0.3 is 0 Å². The smallest absolute Gasteiger partial charge is 0.0462 e. The first-order valence-corrected chi connectivity index (χ1v) is 20.6. The molecule has 2 heteroatoms. The average molecular weight is 756 g/mol. The maximum atomic E-state index is 2.36. The monoisotopic (exact) mass is 755 g/mol. The van der Waals surface area contributed by atoms with Gasteiger partial charge in [0.2, 0.25) is 0 Å². The molecule has 0 atom stereocenters. The van der Waals surface area contributed by atoms with E-state index in [-0.39, 0.29) is 0 Å². The van der Waals surface area contributed by atoms with Gasteiger partial charge in [-0.25, -0.2) is 0 Å². The van der Waals surface area contributed by atoms with Crippen molar-refractivity contribution in [2.24, 2.45) is 0 Å². The summed E-state index contributed by atoms with van der Waals surface area (Å²) in [4.78, 5) is 2.36. The van der Waals surface area contributed by atoms with E-state index in [1.54, 1.807) is 0 Å². The largest absolute Gasteiger partial charge is 0.311 e. The first kappa shape index (κ1) is 34.0. The zero-order valence-electron chi connectivity index (χ0n) is 31.7. The molecule has 0 amide bonds. The van der Waals surface area contributed by atoms with Gasteiger partial charge in [-0.3, -0.25) is 0 Å². The number of benzene rings is 10. The minimum Gasteiger partial charge on any atom is -0.311 e. The van der Waals surface area contributed by atoms with Crippen LogP contribution in [0, 0.1) is 0 Å². The third-order valence-corrected chi connectivity index (χ3v) is 12.6. The number of anilines is 3. The van der Waals surface area contributed by atoms with Crippen molar-refractivity contribution in [1.82, 2.24) is 0 Å². The molecule has 11 rings (SSSR count). The minimum absolute atomic E-state index is 1.10. The fourth-order valence-electron chi connectivity index (χ4n) is 8.55. The fourth-order valence-corrected chi connectivity index (χ4v) is 9.68. The molecule has 272 valence electrons. The van der Waals surface area contributed by atoms with Crippen LogP contribution in [-0.4, -0.2) is 0 Å². The summed E-state index contributed by atoms with van der Waals surface area (Å²) in [5.41, 5.74) is 13.1. The van der Waals surface area contributed by atoms with E-state index in [2.05, 4.69) is 229 Å². The Morgan fingerprint density at radius 3 is 1.43 bits per heavy atom. The Bertz CT molecular complexity index is 3240. The molecule has 58 heavy (non-hydrogen) atoms. The Kier molecular flexibility index (Phi) is 8.42. The van der Waals surface area contributed by atoms with Crippen LogP contribution >= 0.6 is 11.3 Å². The van der Waals surface area contributed by atoms with E-state index >= 15 is 0 Å². The Balaban J connectivity index is 0.952. The number of rotatable bonds is 7. The van der Waals surface area contributed by atoms with Gasteiger partial charge in [-0.2, -0.15) is 0 Å². The third-order valence-electron chi connectivity index (χ3n) is 11.5. The summed E-state index contributed by atoms with van der Waals surface area (Å²) in [5.74, 6) is 0. The summed E-state index contributed by atoms with van der Waals surface area (Å²) in [5, 5.41) is 7.69. The number of hydrogen-bond donors (Lipinski definition) is 0. The van der Waals surface area contributed by atoms with Crippen molar-refractivity contribution in [2.75, 3.05) is 4.90 Å². The molecule has 1 nitrogen and oxygen atoms in total. The maximum Gasteiger partial charge on any atom is 0.0462 e. The lowest BCUT2D eigenvalue weighted by Gasteiger charge is -2.26. The molecule has 0 fully saturated rings. The number of thiophene rings is 1. The fraction of sp³-hybridized carbons (Fsp3) is 0. The molecule has 0 aliphatic carbocycles. The van der Waals surface area contributed by atoms with Crippen molar-refractivity contribution >= 4 is 70.1 Å². The van der Waals surface area contributed by atoms with Gasteiger partial charge in [0.1, 0.15) is 0 Å². The quantitative estimate of drug-likeness (QED) is 0.157. The molecule has 0 aliphatic heterocycles. The van der Waals surface area contributed by atoms with Gasteiger partial charge in [-0.05, 0) is 121 Å². The average Bonchev–Trinajstić information content (AvgIpc) is 3.69. The molecule has 0 saturated carbocycles. The highest BCUT2D eigenvalue weighted by Crippen LogP contribution is 2.42. The first-order valence-electron chi connectivity index (χ1n) is 19.8. The van der Waals surface area contributed by atoms with Crippen molar-refractivity contribution in [3.8, 4) is 44.5 Å². The van der Waals surface area contributed by atoms with Crippen LogP contribution in [0.1, 0.15) is 0 Å². The summed E-state index contributed by atoms with van der Waals surface area (Å²) in [7, 11) is 0. The van der Waals surface area contributed by atoms with Gasteiger partial charge in [0.05, 0.1) is 0 Å². The zero-order chi connectivity index (χ0) is 38.4. The maximum absolute atomic E-state index is 2.36. The third kappa shape index (κ3) is 6.12. The van der Waals surface area contributed by atoms with Crippen LogP contribution in [0.25, 0.3) is 86.2 Å². The van der Waals surface area contributed by atoms with Gasteiger partial charge < -0.3 is 4.90 Å². The Morgan fingerprint density at radius 2 is 0.724 bits per heavy atom. The Labute approximate surface area is 342 Å². The van der Waals surface area contributed by atoms with Crippen LogP contribution in [0.3, 0.4) is 0 Å². The first-order chi connectivity index (χ1) is 28.7. The SMILES string of the molecule is c1ccc2cc(-c3ccc(N(c4ccc(-c5ccc(-c6cccc7ccccc67)cc5)cc4)c4ccc(-c5cccc6sc7ccccc7c56)cc4)cc3)ccc2c1. The molecule has 0 aliphatic rings. The number of hydrogen-bond acceptors (Lipinski definition) is 2. The van der Waals surface area contributed by atoms with E-state index < -0.39 is 0 Å². The summed E-state index contributed by atoms with van der Waals surface area (Å²) in [6, 6.07) is 81.9. The molecule has 0 unspecified atom stereocenters. The van der Waals surface area contributed by atoms with Crippen molar-refractivity contribution in [3.63, 3.8) is 0 Å². The van der Waals surface area contributed by atoms with Gasteiger partial charge in [-0.15, -0.1) is 11.3 Å². The van der Waals surface area contributed by atoms with Crippen molar-refractivity contribution in [2.45, 2.75) is 0 Å². The van der Waals surface area contributed by atoms with Crippen molar-refractivity contribution < 1.29 is 0 Å². The molecule has 1 heterocycles. The lowest BCUT2D eigenvalue weighted by molar-refractivity contribution is 1.28. The normalized spacial score (nSPS) is 11.4. The molecule has 1 aromatic heterocycles. The van der Waals surface area contributed by atoms with Crippen LogP contribution in [0.15, 0.2) is 224 Å². The van der Waals surface area contributed by atoms with Gasteiger partial charge in [0.15, 0.2) is 0 Å². The van der Waals surface area contributed by atoms with Crippen LogP contribution in [0.2, 0.25) is 0 Å². The summed E-state index contributed by atoms with van der Waals surface area (Å²) < 4.78 is 2.64. The molecule has 0 saturated heterocycles. The van der Waals surface area contributed by atoms with Crippen molar-refractivity contribution in [3.05, 3.63) is 224 Å². The number of nitrogens with zero attached hydrogens (tertiary/aromatic N) is 1.